The second-order valence-electron chi connectivity index (χ2n) is 7.27. The molecule has 0 aliphatic carbocycles. The van der Waals surface area contributed by atoms with Crippen LogP contribution in [0.4, 0.5) is 5.69 Å². The number of nitrogens with zero attached hydrogens (tertiary/aromatic N) is 2. The fourth-order valence-electron chi connectivity index (χ4n) is 4.49. The van der Waals surface area contributed by atoms with Crippen LogP contribution in [0.3, 0.4) is 0 Å². The van der Waals surface area contributed by atoms with Crippen LogP contribution in [-0.4, -0.2) is 35.1 Å². The molecule has 1 amide bonds. The first kappa shape index (κ1) is 17.6. The zero-order chi connectivity index (χ0) is 19.0. The number of rotatable bonds is 3. The number of carbonyl (C=O) groups is 1. The Balaban J connectivity index is 1.80. The number of hydrogen-bond acceptors (Lipinski definition) is 4. The molecule has 3 atom stereocenters. The van der Waals surface area contributed by atoms with Gasteiger partial charge < -0.3 is 15.3 Å². The lowest BCUT2D eigenvalue weighted by molar-refractivity contribution is -0.132. The Bertz CT molecular complexity index is 918. The fraction of sp³-hybridized carbons (Fsp3) is 0.364. The molecule has 0 saturated carbocycles. The van der Waals surface area contributed by atoms with Gasteiger partial charge in [0.1, 0.15) is 0 Å². The van der Waals surface area contributed by atoms with Crippen molar-refractivity contribution >= 4 is 11.6 Å². The molecule has 0 bridgehead atoms. The quantitative estimate of drug-likeness (QED) is 0.879. The summed E-state index contributed by atoms with van der Waals surface area (Å²) in [6, 6.07) is 15.9. The van der Waals surface area contributed by atoms with E-state index in [0.717, 1.165) is 35.3 Å². The summed E-state index contributed by atoms with van der Waals surface area (Å²) in [5.74, 6) is 0.364. The van der Waals surface area contributed by atoms with Crippen molar-refractivity contribution in [2.75, 3.05) is 18.5 Å². The zero-order valence-corrected chi connectivity index (χ0v) is 15.4. The number of aliphatic hydroxyl groups is 1. The van der Waals surface area contributed by atoms with Crippen LogP contribution in [0.25, 0.3) is 11.1 Å². The number of fused-ring (bicyclic) bond motifs is 3. The second kappa shape index (κ2) is 7.05. The number of carbonyl (C=O) groups excluding carboxylic acids is 1. The number of nitrogens with one attached hydrogen (secondary N) is 1. The molecule has 1 saturated heterocycles. The van der Waals surface area contributed by atoms with E-state index in [9.17, 15) is 15.2 Å². The lowest BCUT2D eigenvalue weighted by Gasteiger charge is -2.39. The highest BCUT2D eigenvalue weighted by Gasteiger charge is 2.45. The molecule has 0 unspecified atom stereocenters. The topological polar surface area (TPSA) is 76.4 Å². The maximum atomic E-state index is 12.5. The molecular weight excluding hydrogens is 338 g/mol. The average molecular weight is 361 g/mol. The number of aliphatic hydroxyl groups excluding tert-OH is 1. The molecule has 4 rings (SSSR count). The summed E-state index contributed by atoms with van der Waals surface area (Å²) >= 11 is 0. The van der Waals surface area contributed by atoms with Crippen LogP contribution in [0.5, 0.6) is 0 Å². The summed E-state index contributed by atoms with van der Waals surface area (Å²) in [6.07, 6.45) is 1.38. The Hall–Kier alpha value is -2.84. The van der Waals surface area contributed by atoms with Gasteiger partial charge in [0.2, 0.25) is 5.91 Å². The van der Waals surface area contributed by atoms with Gasteiger partial charge in [0, 0.05) is 24.6 Å². The molecule has 1 fully saturated rings. The van der Waals surface area contributed by atoms with Gasteiger partial charge in [-0.05, 0) is 47.4 Å². The Morgan fingerprint density at radius 3 is 2.85 bits per heavy atom. The Labute approximate surface area is 159 Å². The standard InChI is InChI=1S/C22H23N3O2/c1-2-21(27)25-9-8-17-20(13-26)24-19-7-6-16(11-18(19)22(17)25)15-5-3-4-14(10-15)12-23/h3-7,10-11,17,20,22,24,26H,2,8-9,13H2,1H3/t17-,20+,22-/m1/s1. The molecule has 0 spiro atoms. The first-order chi connectivity index (χ1) is 13.2. The molecule has 2 aliphatic rings. The molecule has 2 aliphatic heterocycles. The zero-order valence-electron chi connectivity index (χ0n) is 15.4. The van der Waals surface area contributed by atoms with Gasteiger partial charge in [-0.25, -0.2) is 0 Å². The third kappa shape index (κ3) is 2.96. The molecule has 0 aromatic heterocycles. The van der Waals surface area contributed by atoms with Crippen LogP contribution < -0.4 is 5.32 Å². The molecule has 2 heterocycles. The third-order valence-corrected chi connectivity index (χ3v) is 5.82. The molecule has 5 nitrogen and oxygen atoms in total. The third-order valence-electron chi connectivity index (χ3n) is 5.82. The summed E-state index contributed by atoms with van der Waals surface area (Å²) in [4.78, 5) is 14.5. The van der Waals surface area contributed by atoms with E-state index in [1.807, 2.05) is 42.2 Å². The van der Waals surface area contributed by atoms with E-state index in [1.165, 1.54) is 0 Å². The van der Waals surface area contributed by atoms with E-state index < -0.39 is 0 Å². The van der Waals surface area contributed by atoms with Crippen LogP contribution >= 0.6 is 0 Å². The molecule has 0 radical (unpaired) electrons. The predicted molar refractivity (Wildman–Crippen MR) is 104 cm³/mol. The maximum Gasteiger partial charge on any atom is 0.222 e. The van der Waals surface area contributed by atoms with Crippen LogP contribution in [0.2, 0.25) is 0 Å². The Kier molecular flexibility index (Phi) is 4.59. The van der Waals surface area contributed by atoms with Gasteiger partial charge >= 0.3 is 0 Å². The average Bonchev–Trinajstić information content (AvgIpc) is 3.17. The predicted octanol–water partition coefficient (Wildman–Crippen LogP) is 3.31. The molecule has 2 aromatic carbocycles. The smallest absolute Gasteiger partial charge is 0.222 e. The van der Waals surface area contributed by atoms with Gasteiger partial charge in [0.15, 0.2) is 0 Å². The fourth-order valence-corrected chi connectivity index (χ4v) is 4.49. The lowest BCUT2D eigenvalue weighted by Crippen LogP contribution is -2.42. The number of benzene rings is 2. The van der Waals surface area contributed by atoms with E-state index in [4.69, 9.17) is 0 Å². The summed E-state index contributed by atoms with van der Waals surface area (Å²) in [7, 11) is 0. The van der Waals surface area contributed by atoms with E-state index in [0.29, 0.717) is 12.0 Å². The van der Waals surface area contributed by atoms with Crippen molar-refractivity contribution in [2.45, 2.75) is 31.8 Å². The number of amides is 1. The summed E-state index contributed by atoms with van der Waals surface area (Å²) in [5, 5.41) is 22.5. The first-order valence-corrected chi connectivity index (χ1v) is 9.47. The second-order valence-corrected chi connectivity index (χ2v) is 7.27. The van der Waals surface area contributed by atoms with Crippen LogP contribution in [0.1, 0.15) is 36.9 Å². The highest BCUT2D eigenvalue weighted by molar-refractivity contribution is 5.78. The van der Waals surface area contributed by atoms with Crippen molar-refractivity contribution in [3.8, 4) is 17.2 Å². The number of hydrogen-bond donors (Lipinski definition) is 2. The first-order valence-electron chi connectivity index (χ1n) is 9.47. The number of nitriles is 1. The van der Waals surface area contributed by atoms with Gasteiger partial charge in [-0.15, -0.1) is 0 Å². The van der Waals surface area contributed by atoms with Crippen molar-refractivity contribution in [3.05, 3.63) is 53.6 Å². The SMILES string of the molecule is CCC(=O)N1CC[C@@H]2[C@H](CO)Nc3ccc(-c4cccc(C#N)c4)cc3[C@@H]21. The molecular formula is C22H23N3O2. The lowest BCUT2D eigenvalue weighted by atomic mass is 9.82. The van der Waals surface area contributed by atoms with E-state index in [-0.39, 0.29) is 30.5 Å². The molecule has 138 valence electrons. The van der Waals surface area contributed by atoms with Gasteiger partial charge in [0.05, 0.1) is 30.3 Å². The minimum atomic E-state index is -0.0371. The minimum absolute atomic E-state index is 0.00931. The minimum Gasteiger partial charge on any atom is -0.394 e. The Morgan fingerprint density at radius 1 is 1.30 bits per heavy atom. The highest BCUT2D eigenvalue weighted by atomic mass is 16.3. The monoisotopic (exact) mass is 361 g/mol. The summed E-state index contributed by atoms with van der Waals surface area (Å²) in [5.41, 5.74) is 4.73. The van der Waals surface area contributed by atoms with E-state index in [2.05, 4.69) is 17.5 Å². The van der Waals surface area contributed by atoms with Crippen molar-refractivity contribution in [1.29, 1.82) is 5.26 Å². The van der Waals surface area contributed by atoms with E-state index >= 15 is 0 Å². The van der Waals surface area contributed by atoms with Crippen LogP contribution in [0, 0.1) is 17.2 Å². The summed E-state index contributed by atoms with van der Waals surface area (Å²) < 4.78 is 0. The maximum absolute atomic E-state index is 12.5. The van der Waals surface area contributed by atoms with E-state index in [1.54, 1.807) is 6.07 Å². The van der Waals surface area contributed by atoms with Crippen LogP contribution in [-0.2, 0) is 4.79 Å². The normalized spacial score (nSPS) is 23.1. The van der Waals surface area contributed by atoms with Gasteiger partial charge in [0.25, 0.3) is 0 Å². The molecule has 2 N–H and O–H groups in total. The van der Waals surface area contributed by atoms with Gasteiger partial charge in [-0.2, -0.15) is 5.26 Å². The molecule has 2 aromatic rings. The van der Waals surface area contributed by atoms with Crippen molar-refractivity contribution in [2.24, 2.45) is 5.92 Å². The number of likely N-dealkylation sites (tertiary alicyclic amines) is 1. The summed E-state index contributed by atoms with van der Waals surface area (Å²) in [6.45, 7) is 2.68. The largest absolute Gasteiger partial charge is 0.394 e. The molecule has 27 heavy (non-hydrogen) atoms. The Morgan fingerprint density at radius 2 is 2.11 bits per heavy atom. The van der Waals surface area contributed by atoms with Crippen molar-refractivity contribution < 1.29 is 9.90 Å². The van der Waals surface area contributed by atoms with Crippen molar-refractivity contribution in [1.82, 2.24) is 4.90 Å². The van der Waals surface area contributed by atoms with Gasteiger partial charge in [-0.1, -0.05) is 25.1 Å². The van der Waals surface area contributed by atoms with Crippen LogP contribution in [0.15, 0.2) is 42.5 Å². The number of anilines is 1. The highest BCUT2D eigenvalue weighted by Crippen LogP contribution is 2.47. The van der Waals surface area contributed by atoms with Crippen molar-refractivity contribution in [3.63, 3.8) is 0 Å². The molecule has 5 heteroatoms. The van der Waals surface area contributed by atoms with Gasteiger partial charge in [-0.3, -0.25) is 4.79 Å².